The van der Waals surface area contributed by atoms with E-state index in [4.69, 9.17) is 15.4 Å². The Balaban J connectivity index is 3.56. The second kappa shape index (κ2) is 5.61. The van der Waals surface area contributed by atoms with Crippen molar-refractivity contribution < 1.29 is 15.4 Å². The van der Waals surface area contributed by atoms with Gasteiger partial charge in [-0.1, -0.05) is 13.3 Å². The Bertz CT molecular complexity index is 79.4. The molecule has 10 heavy (non-hydrogen) atoms. The van der Waals surface area contributed by atoms with Crippen LogP contribution in [0.3, 0.4) is 0 Å². The average Bonchev–Trinajstić information content (AvgIpc) is 1.99. The molecule has 0 saturated carbocycles. The van der Waals surface area contributed by atoms with Crippen LogP contribution in [0.4, 0.5) is 0 Å². The Hall–Kier alpha value is -0.160. The molecule has 4 nitrogen and oxygen atoms in total. The molecule has 0 aliphatic carbocycles. The van der Waals surface area contributed by atoms with Crippen molar-refractivity contribution in [3.63, 3.8) is 0 Å². The first kappa shape index (κ1) is 9.84. The van der Waals surface area contributed by atoms with E-state index in [1.807, 2.05) is 6.92 Å². The Kier molecular flexibility index (Phi) is 5.52. The van der Waals surface area contributed by atoms with Gasteiger partial charge in [-0.05, 0) is 6.42 Å². The van der Waals surface area contributed by atoms with Crippen molar-refractivity contribution in [3.05, 3.63) is 0 Å². The summed E-state index contributed by atoms with van der Waals surface area (Å²) in [6.45, 7) is 1.84. The molecule has 0 aromatic rings. The molecule has 0 fully saturated rings. The molecule has 2 atom stereocenters. The fraction of sp³-hybridized carbons (Fsp3) is 1.00. The van der Waals surface area contributed by atoms with Crippen LogP contribution < -0.4 is 5.48 Å². The summed E-state index contributed by atoms with van der Waals surface area (Å²) in [7, 11) is 0. The second-order valence-corrected chi connectivity index (χ2v) is 2.31. The maximum absolute atomic E-state index is 8.93. The van der Waals surface area contributed by atoms with Gasteiger partial charge in [-0.15, -0.1) is 0 Å². The predicted molar refractivity (Wildman–Crippen MR) is 36.4 cm³/mol. The highest BCUT2D eigenvalue weighted by atomic mass is 16.5. The van der Waals surface area contributed by atoms with Crippen molar-refractivity contribution in [3.8, 4) is 0 Å². The number of rotatable bonds is 5. The minimum atomic E-state index is -1.01. The molecule has 0 aliphatic heterocycles. The van der Waals surface area contributed by atoms with Crippen molar-refractivity contribution in [2.24, 2.45) is 5.92 Å². The van der Waals surface area contributed by atoms with Crippen molar-refractivity contribution in [2.45, 2.75) is 26.0 Å². The molecule has 0 spiro atoms. The zero-order valence-electron chi connectivity index (χ0n) is 6.12. The number of hydrogen-bond donors (Lipinski definition) is 4. The minimum absolute atomic E-state index is 0.109. The van der Waals surface area contributed by atoms with E-state index >= 15 is 0 Å². The summed E-state index contributed by atoms with van der Waals surface area (Å²) >= 11 is 0. The first-order valence-corrected chi connectivity index (χ1v) is 3.44. The first-order valence-electron chi connectivity index (χ1n) is 3.44. The van der Waals surface area contributed by atoms with Crippen LogP contribution in [-0.4, -0.2) is 28.3 Å². The zero-order chi connectivity index (χ0) is 7.98. The third kappa shape index (κ3) is 3.12. The zero-order valence-corrected chi connectivity index (χ0v) is 6.12. The molecule has 4 heteroatoms. The SMILES string of the molecule is CCCC(CO)C(O)NO. The van der Waals surface area contributed by atoms with Gasteiger partial charge in [0.25, 0.3) is 0 Å². The highest BCUT2D eigenvalue weighted by Crippen LogP contribution is 2.07. The lowest BCUT2D eigenvalue weighted by Crippen LogP contribution is -2.35. The quantitative estimate of drug-likeness (QED) is 0.319. The van der Waals surface area contributed by atoms with Crippen LogP contribution in [0.1, 0.15) is 19.8 Å². The van der Waals surface area contributed by atoms with Crippen LogP contribution in [0.15, 0.2) is 0 Å². The Morgan fingerprint density at radius 2 is 2.10 bits per heavy atom. The molecule has 4 N–H and O–H groups in total. The molecule has 0 heterocycles. The van der Waals surface area contributed by atoms with Gasteiger partial charge in [-0.25, -0.2) is 0 Å². The van der Waals surface area contributed by atoms with Crippen LogP contribution >= 0.6 is 0 Å². The fourth-order valence-electron chi connectivity index (χ4n) is 0.825. The highest BCUT2D eigenvalue weighted by Gasteiger charge is 2.15. The van der Waals surface area contributed by atoms with Crippen LogP contribution in [0, 0.1) is 5.92 Å². The monoisotopic (exact) mass is 149 g/mol. The summed E-state index contributed by atoms with van der Waals surface area (Å²) in [6, 6.07) is 0. The summed E-state index contributed by atoms with van der Waals surface area (Å²) in [4.78, 5) is 0. The molecule has 0 amide bonds. The van der Waals surface area contributed by atoms with Crippen LogP contribution in [0.5, 0.6) is 0 Å². The summed E-state index contributed by atoms with van der Waals surface area (Å²) in [5.74, 6) is -0.269. The number of nitrogens with one attached hydrogen (secondary N) is 1. The number of hydroxylamine groups is 1. The highest BCUT2D eigenvalue weighted by molar-refractivity contribution is 4.61. The van der Waals surface area contributed by atoms with Gasteiger partial charge in [0, 0.05) is 12.5 Å². The lowest BCUT2D eigenvalue weighted by atomic mass is 10.0. The molecule has 0 aromatic heterocycles. The fourth-order valence-corrected chi connectivity index (χ4v) is 0.825. The minimum Gasteiger partial charge on any atom is -0.396 e. The van der Waals surface area contributed by atoms with E-state index in [0.717, 1.165) is 6.42 Å². The molecule has 0 aliphatic rings. The van der Waals surface area contributed by atoms with Crippen LogP contribution in [-0.2, 0) is 0 Å². The van der Waals surface area contributed by atoms with Crippen molar-refractivity contribution >= 4 is 0 Å². The summed E-state index contributed by atoms with van der Waals surface area (Å²) in [5, 5.41) is 25.8. The van der Waals surface area contributed by atoms with Gasteiger partial charge in [0.15, 0.2) is 0 Å². The smallest absolute Gasteiger partial charge is 0.131 e. The van der Waals surface area contributed by atoms with Gasteiger partial charge in [-0.2, -0.15) is 5.48 Å². The Morgan fingerprint density at radius 1 is 1.50 bits per heavy atom. The van der Waals surface area contributed by atoms with Gasteiger partial charge in [0.2, 0.25) is 0 Å². The summed E-state index contributed by atoms with van der Waals surface area (Å²) in [6.07, 6.45) is 0.569. The van der Waals surface area contributed by atoms with E-state index < -0.39 is 6.23 Å². The maximum Gasteiger partial charge on any atom is 0.131 e. The summed E-state index contributed by atoms with van der Waals surface area (Å²) in [5.41, 5.74) is 1.70. The Morgan fingerprint density at radius 3 is 2.40 bits per heavy atom. The molecular formula is C6H15NO3. The maximum atomic E-state index is 8.93. The molecule has 62 valence electrons. The average molecular weight is 149 g/mol. The molecule has 2 unspecified atom stereocenters. The largest absolute Gasteiger partial charge is 0.396 e. The van der Waals surface area contributed by atoms with E-state index in [1.54, 1.807) is 5.48 Å². The third-order valence-electron chi connectivity index (χ3n) is 1.47. The molecule has 0 radical (unpaired) electrons. The van der Waals surface area contributed by atoms with Gasteiger partial charge >= 0.3 is 0 Å². The van der Waals surface area contributed by atoms with E-state index in [0.29, 0.717) is 6.42 Å². The van der Waals surface area contributed by atoms with Crippen molar-refractivity contribution in [2.75, 3.05) is 6.61 Å². The lowest BCUT2D eigenvalue weighted by molar-refractivity contribution is -0.0500. The van der Waals surface area contributed by atoms with Crippen LogP contribution in [0.2, 0.25) is 0 Å². The molecule has 0 rings (SSSR count). The molecule has 0 bridgehead atoms. The number of aliphatic hydroxyl groups excluding tert-OH is 2. The van der Waals surface area contributed by atoms with Gasteiger partial charge in [-0.3, -0.25) is 0 Å². The summed E-state index contributed by atoms with van der Waals surface area (Å²) < 4.78 is 0. The number of hydrogen-bond acceptors (Lipinski definition) is 4. The van der Waals surface area contributed by atoms with E-state index in [-0.39, 0.29) is 12.5 Å². The van der Waals surface area contributed by atoms with Crippen molar-refractivity contribution in [1.29, 1.82) is 0 Å². The first-order chi connectivity index (χ1) is 4.76. The van der Waals surface area contributed by atoms with Crippen LogP contribution in [0.25, 0.3) is 0 Å². The third-order valence-corrected chi connectivity index (χ3v) is 1.47. The lowest BCUT2D eigenvalue weighted by Gasteiger charge is -2.17. The normalized spacial score (nSPS) is 16.8. The molecule has 0 saturated heterocycles. The molecule has 0 aromatic carbocycles. The topological polar surface area (TPSA) is 72.7 Å². The van der Waals surface area contributed by atoms with E-state index in [1.165, 1.54) is 0 Å². The Labute approximate surface area is 60.5 Å². The predicted octanol–water partition coefficient (Wildman–Crippen LogP) is -0.308. The van der Waals surface area contributed by atoms with Gasteiger partial charge < -0.3 is 15.4 Å². The van der Waals surface area contributed by atoms with E-state index in [2.05, 4.69) is 0 Å². The van der Waals surface area contributed by atoms with E-state index in [9.17, 15) is 0 Å². The number of aliphatic hydroxyl groups is 2. The van der Waals surface area contributed by atoms with Gasteiger partial charge in [0.1, 0.15) is 6.23 Å². The van der Waals surface area contributed by atoms with Crippen molar-refractivity contribution in [1.82, 2.24) is 5.48 Å². The second-order valence-electron chi connectivity index (χ2n) is 2.31. The standard InChI is InChI=1S/C6H15NO3/c1-2-3-5(4-8)6(9)7-10/h5-10H,2-4H2,1H3. The van der Waals surface area contributed by atoms with Gasteiger partial charge in [0.05, 0.1) is 0 Å². The molecular weight excluding hydrogens is 134 g/mol.